The Bertz CT molecular complexity index is 527. The number of fused-ring (bicyclic) bond motifs is 1. The lowest BCUT2D eigenvalue weighted by molar-refractivity contribution is -0.141. The maximum atomic E-state index is 12.1. The number of ether oxygens (including phenoxy) is 1. The van der Waals surface area contributed by atoms with E-state index in [9.17, 15) is 14.4 Å². The van der Waals surface area contributed by atoms with Gasteiger partial charge in [-0.1, -0.05) is 12.1 Å². The molecule has 0 aliphatic carbocycles. The lowest BCUT2D eigenvalue weighted by atomic mass is 10.1. The summed E-state index contributed by atoms with van der Waals surface area (Å²) in [6.07, 6.45) is 0.0317. The number of methoxy groups -OCH3 is 1. The standard InChI is InChI=1S/C13H14N2O4/c1-19-13(18)7-6-12(17)15-8-11(16)14-9-4-2-3-5-10(9)15/h2-5H,6-8H2,1H3,(H,14,16). The van der Waals surface area contributed by atoms with Gasteiger partial charge in [0.15, 0.2) is 0 Å². The van der Waals surface area contributed by atoms with Gasteiger partial charge in [-0.15, -0.1) is 0 Å². The minimum Gasteiger partial charge on any atom is -0.469 e. The molecule has 0 aromatic heterocycles. The van der Waals surface area contributed by atoms with E-state index in [0.717, 1.165) is 0 Å². The molecule has 1 aliphatic rings. The zero-order valence-corrected chi connectivity index (χ0v) is 10.5. The average molecular weight is 262 g/mol. The summed E-state index contributed by atoms with van der Waals surface area (Å²) in [6.45, 7) is -0.0307. The van der Waals surface area contributed by atoms with E-state index >= 15 is 0 Å². The fourth-order valence-corrected chi connectivity index (χ4v) is 1.90. The molecule has 1 heterocycles. The van der Waals surface area contributed by atoms with E-state index in [1.165, 1.54) is 12.0 Å². The van der Waals surface area contributed by atoms with Crippen molar-refractivity contribution < 1.29 is 19.1 Å². The molecule has 0 atom stereocenters. The normalized spacial score (nSPS) is 13.5. The molecule has 1 N–H and O–H groups in total. The molecule has 1 aromatic rings. The van der Waals surface area contributed by atoms with Gasteiger partial charge in [-0.3, -0.25) is 14.4 Å². The van der Waals surface area contributed by atoms with E-state index in [4.69, 9.17) is 0 Å². The van der Waals surface area contributed by atoms with Crippen molar-refractivity contribution in [3.05, 3.63) is 24.3 Å². The zero-order valence-electron chi connectivity index (χ0n) is 10.5. The first-order valence-electron chi connectivity index (χ1n) is 5.88. The quantitative estimate of drug-likeness (QED) is 0.822. The highest BCUT2D eigenvalue weighted by atomic mass is 16.5. The van der Waals surface area contributed by atoms with Crippen LogP contribution in [0.25, 0.3) is 0 Å². The van der Waals surface area contributed by atoms with Gasteiger partial charge in [-0.2, -0.15) is 0 Å². The van der Waals surface area contributed by atoms with Crippen LogP contribution in [0.2, 0.25) is 0 Å². The summed E-state index contributed by atoms with van der Waals surface area (Å²) in [4.78, 5) is 36.0. The number of rotatable bonds is 3. The number of carbonyl (C=O) groups excluding carboxylic acids is 3. The molecule has 19 heavy (non-hydrogen) atoms. The molecule has 1 aromatic carbocycles. The number of para-hydroxylation sites is 2. The van der Waals surface area contributed by atoms with Crippen molar-refractivity contribution in [2.75, 3.05) is 23.9 Å². The number of hydrogen-bond acceptors (Lipinski definition) is 4. The van der Waals surface area contributed by atoms with Crippen LogP contribution in [0.4, 0.5) is 11.4 Å². The van der Waals surface area contributed by atoms with Crippen molar-refractivity contribution in [2.45, 2.75) is 12.8 Å². The first kappa shape index (κ1) is 13.1. The molecule has 6 heteroatoms. The molecule has 2 amide bonds. The Morgan fingerprint density at radius 1 is 1.32 bits per heavy atom. The van der Waals surface area contributed by atoms with E-state index in [-0.39, 0.29) is 31.2 Å². The van der Waals surface area contributed by atoms with E-state index in [1.807, 2.05) is 0 Å². The van der Waals surface area contributed by atoms with Crippen molar-refractivity contribution in [2.24, 2.45) is 0 Å². The van der Waals surface area contributed by atoms with E-state index in [0.29, 0.717) is 11.4 Å². The highest BCUT2D eigenvalue weighted by Crippen LogP contribution is 2.29. The third-order valence-corrected chi connectivity index (χ3v) is 2.84. The third-order valence-electron chi connectivity index (χ3n) is 2.84. The maximum absolute atomic E-state index is 12.1. The van der Waals surface area contributed by atoms with Crippen molar-refractivity contribution in [1.29, 1.82) is 0 Å². The molecule has 0 radical (unpaired) electrons. The van der Waals surface area contributed by atoms with Crippen molar-refractivity contribution in [3.8, 4) is 0 Å². The summed E-state index contributed by atoms with van der Waals surface area (Å²) in [5, 5.41) is 2.70. The Hall–Kier alpha value is -2.37. The van der Waals surface area contributed by atoms with Gasteiger partial charge in [0.05, 0.1) is 24.9 Å². The topological polar surface area (TPSA) is 75.7 Å². The Labute approximate surface area is 110 Å². The van der Waals surface area contributed by atoms with Gasteiger partial charge in [0.25, 0.3) is 0 Å². The molecule has 6 nitrogen and oxygen atoms in total. The van der Waals surface area contributed by atoms with Gasteiger partial charge in [-0.05, 0) is 12.1 Å². The molecule has 0 bridgehead atoms. The summed E-state index contributed by atoms with van der Waals surface area (Å²) in [5.41, 5.74) is 1.25. The highest BCUT2D eigenvalue weighted by molar-refractivity contribution is 6.10. The summed E-state index contributed by atoms with van der Waals surface area (Å²) < 4.78 is 4.49. The predicted molar refractivity (Wildman–Crippen MR) is 68.7 cm³/mol. The molecule has 2 rings (SSSR count). The molecule has 0 fully saturated rings. The number of anilines is 2. The van der Waals surface area contributed by atoms with Gasteiger partial charge in [-0.25, -0.2) is 0 Å². The fourth-order valence-electron chi connectivity index (χ4n) is 1.90. The Kier molecular flexibility index (Phi) is 3.79. The summed E-state index contributed by atoms with van der Waals surface area (Å²) in [7, 11) is 1.27. The Morgan fingerprint density at radius 3 is 2.79 bits per heavy atom. The first-order valence-corrected chi connectivity index (χ1v) is 5.88. The second kappa shape index (κ2) is 5.51. The van der Waals surface area contributed by atoms with Crippen LogP contribution in [0.15, 0.2) is 24.3 Å². The van der Waals surface area contributed by atoms with E-state index < -0.39 is 5.97 Å². The van der Waals surface area contributed by atoms with Crippen LogP contribution < -0.4 is 10.2 Å². The van der Waals surface area contributed by atoms with E-state index in [1.54, 1.807) is 24.3 Å². The maximum Gasteiger partial charge on any atom is 0.306 e. The van der Waals surface area contributed by atoms with Crippen molar-refractivity contribution in [1.82, 2.24) is 0 Å². The lowest BCUT2D eigenvalue weighted by Crippen LogP contribution is -2.42. The van der Waals surface area contributed by atoms with E-state index in [2.05, 4.69) is 10.1 Å². The molecule has 100 valence electrons. The first-order chi connectivity index (χ1) is 9.11. The summed E-state index contributed by atoms with van der Waals surface area (Å²) in [5.74, 6) is -0.957. The number of nitrogens with zero attached hydrogens (tertiary/aromatic N) is 1. The van der Waals surface area contributed by atoms with Gasteiger partial charge in [0.2, 0.25) is 11.8 Å². The summed E-state index contributed by atoms with van der Waals surface area (Å²) in [6, 6.07) is 7.05. The van der Waals surface area contributed by atoms with Crippen LogP contribution in [-0.2, 0) is 19.1 Å². The molecular weight excluding hydrogens is 248 g/mol. The average Bonchev–Trinajstić information content (AvgIpc) is 2.43. The number of carbonyl (C=O) groups is 3. The summed E-state index contributed by atoms with van der Waals surface area (Å²) >= 11 is 0. The third kappa shape index (κ3) is 2.90. The van der Waals surface area contributed by atoms with Crippen LogP contribution in [0.3, 0.4) is 0 Å². The number of nitrogens with one attached hydrogen (secondary N) is 1. The largest absolute Gasteiger partial charge is 0.469 e. The lowest BCUT2D eigenvalue weighted by Gasteiger charge is -2.29. The minimum absolute atomic E-state index is 0.00954. The smallest absolute Gasteiger partial charge is 0.306 e. The number of benzene rings is 1. The van der Waals surface area contributed by atoms with Gasteiger partial charge in [0, 0.05) is 6.42 Å². The van der Waals surface area contributed by atoms with Crippen molar-refractivity contribution >= 4 is 29.2 Å². The fraction of sp³-hybridized carbons (Fsp3) is 0.308. The van der Waals surface area contributed by atoms with Gasteiger partial charge >= 0.3 is 5.97 Å². The molecule has 0 unspecified atom stereocenters. The van der Waals surface area contributed by atoms with Crippen molar-refractivity contribution in [3.63, 3.8) is 0 Å². The zero-order chi connectivity index (χ0) is 13.8. The minimum atomic E-state index is -0.442. The number of amides is 2. The molecule has 0 spiro atoms. The Morgan fingerprint density at radius 2 is 2.05 bits per heavy atom. The van der Waals surface area contributed by atoms with Crippen LogP contribution >= 0.6 is 0 Å². The van der Waals surface area contributed by atoms with Gasteiger partial charge < -0.3 is 15.0 Å². The Balaban J connectivity index is 2.14. The predicted octanol–water partition coefficient (Wildman–Crippen LogP) is 0.925. The SMILES string of the molecule is COC(=O)CCC(=O)N1CC(=O)Nc2ccccc21. The van der Waals surface area contributed by atoms with Crippen LogP contribution in [0.1, 0.15) is 12.8 Å². The molecular formula is C13H14N2O4. The molecule has 0 saturated carbocycles. The number of hydrogen-bond donors (Lipinski definition) is 1. The molecule has 0 saturated heterocycles. The molecule has 1 aliphatic heterocycles. The highest BCUT2D eigenvalue weighted by Gasteiger charge is 2.26. The van der Waals surface area contributed by atoms with Crippen LogP contribution in [-0.4, -0.2) is 31.4 Å². The van der Waals surface area contributed by atoms with Crippen LogP contribution in [0, 0.1) is 0 Å². The van der Waals surface area contributed by atoms with Crippen LogP contribution in [0.5, 0.6) is 0 Å². The monoisotopic (exact) mass is 262 g/mol. The van der Waals surface area contributed by atoms with Gasteiger partial charge in [0.1, 0.15) is 6.54 Å². The number of esters is 1. The second-order valence-corrected chi connectivity index (χ2v) is 4.12. The second-order valence-electron chi connectivity index (χ2n) is 4.12.